The van der Waals surface area contributed by atoms with Crippen molar-refractivity contribution in [2.45, 2.75) is 38.6 Å². The average molecular weight is 418 g/mol. The van der Waals surface area contributed by atoms with E-state index in [0.29, 0.717) is 30.8 Å². The van der Waals surface area contributed by atoms with Crippen LogP contribution in [0.15, 0.2) is 59.4 Å². The number of benzene rings is 2. The van der Waals surface area contributed by atoms with E-state index >= 15 is 0 Å². The van der Waals surface area contributed by atoms with E-state index in [9.17, 15) is 9.59 Å². The van der Waals surface area contributed by atoms with Gasteiger partial charge in [-0.05, 0) is 43.0 Å². The van der Waals surface area contributed by atoms with Crippen LogP contribution in [0.4, 0.5) is 0 Å². The van der Waals surface area contributed by atoms with E-state index in [-0.39, 0.29) is 17.5 Å². The second kappa shape index (κ2) is 9.16. The Kier molecular flexibility index (Phi) is 6.16. The van der Waals surface area contributed by atoms with Crippen LogP contribution >= 0.6 is 0 Å². The molecule has 0 radical (unpaired) electrons. The zero-order chi connectivity index (χ0) is 21.8. The first-order valence-electron chi connectivity index (χ1n) is 10.6. The zero-order valence-electron chi connectivity index (χ0n) is 17.9. The van der Waals surface area contributed by atoms with Crippen LogP contribution < -0.4 is 10.3 Å². The molecular weight excluding hydrogens is 390 g/mol. The lowest BCUT2D eigenvalue weighted by molar-refractivity contribution is -0.131. The number of aryl methyl sites for hydroxylation is 1. The maximum atomic E-state index is 13.0. The minimum atomic E-state index is -0.199. The zero-order valence-corrected chi connectivity index (χ0v) is 17.9. The summed E-state index contributed by atoms with van der Waals surface area (Å²) in [6, 6.07) is 17.2. The van der Waals surface area contributed by atoms with Gasteiger partial charge in [0.1, 0.15) is 11.6 Å². The van der Waals surface area contributed by atoms with Crippen LogP contribution in [0.5, 0.6) is 5.75 Å². The van der Waals surface area contributed by atoms with Crippen LogP contribution in [-0.2, 0) is 17.6 Å². The molecular formula is C25H27N3O3. The molecule has 1 aliphatic rings. The Balaban J connectivity index is 1.54. The Hall–Kier alpha value is -3.41. The molecule has 1 aromatic heterocycles. The number of hydrogen-bond acceptors (Lipinski definition) is 4. The molecule has 160 valence electrons. The van der Waals surface area contributed by atoms with Gasteiger partial charge in [0, 0.05) is 24.2 Å². The topological polar surface area (TPSA) is 75.3 Å². The van der Waals surface area contributed by atoms with Crippen LogP contribution in [0.2, 0.25) is 0 Å². The summed E-state index contributed by atoms with van der Waals surface area (Å²) in [6.07, 6.45) is 2.52. The molecule has 3 aromatic rings. The Bertz CT molecular complexity index is 1120. The highest BCUT2D eigenvalue weighted by Gasteiger charge is 2.32. The van der Waals surface area contributed by atoms with E-state index in [1.54, 1.807) is 7.11 Å². The number of methoxy groups -OCH3 is 1. The highest BCUT2D eigenvalue weighted by molar-refractivity contribution is 5.79. The number of nitrogens with one attached hydrogen (secondary N) is 1. The maximum absolute atomic E-state index is 13.0. The lowest BCUT2D eigenvalue weighted by Gasteiger charge is -2.24. The summed E-state index contributed by atoms with van der Waals surface area (Å²) in [4.78, 5) is 35.4. The predicted octanol–water partition coefficient (Wildman–Crippen LogP) is 3.58. The number of carbonyl (C=O) groups is 1. The number of likely N-dealkylation sites (tertiary alicyclic amines) is 1. The normalized spacial score (nSPS) is 15.8. The van der Waals surface area contributed by atoms with Gasteiger partial charge in [-0.1, -0.05) is 42.5 Å². The molecule has 1 N–H and O–H groups in total. The first-order chi connectivity index (χ1) is 15.0. The number of carbonyl (C=O) groups excluding carboxylic acids is 1. The predicted molar refractivity (Wildman–Crippen MR) is 119 cm³/mol. The van der Waals surface area contributed by atoms with Crippen molar-refractivity contribution in [1.29, 1.82) is 0 Å². The van der Waals surface area contributed by atoms with Crippen LogP contribution in [0.3, 0.4) is 0 Å². The SMILES string of the molecule is COc1cccc(CC(=O)N2CCC[C@@H]2c2nc(C)c(Cc3ccccc3)c(=O)[nH]2)c1. The van der Waals surface area contributed by atoms with Gasteiger partial charge in [0.05, 0.1) is 19.6 Å². The lowest BCUT2D eigenvalue weighted by Crippen LogP contribution is -2.34. The molecule has 0 saturated carbocycles. The van der Waals surface area contributed by atoms with Gasteiger partial charge in [0.25, 0.3) is 5.56 Å². The molecule has 31 heavy (non-hydrogen) atoms. The number of hydrogen-bond donors (Lipinski definition) is 1. The Labute approximate surface area is 181 Å². The second-order valence-corrected chi connectivity index (χ2v) is 7.95. The van der Waals surface area contributed by atoms with Gasteiger partial charge < -0.3 is 14.6 Å². The van der Waals surface area contributed by atoms with Crippen molar-refractivity contribution in [2.24, 2.45) is 0 Å². The van der Waals surface area contributed by atoms with Gasteiger partial charge in [0.2, 0.25) is 5.91 Å². The largest absolute Gasteiger partial charge is 0.497 e. The van der Waals surface area contributed by atoms with E-state index in [0.717, 1.165) is 35.4 Å². The molecule has 4 rings (SSSR count). The smallest absolute Gasteiger partial charge is 0.254 e. The van der Waals surface area contributed by atoms with Gasteiger partial charge in [-0.2, -0.15) is 0 Å². The van der Waals surface area contributed by atoms with Crippen molar-refractivity contribution in [3.05, 3.63) is 93.2 Å². The summed E-state index contributed by atoms with van der Waals surface area (Å²) in [5.41, 5.74) is 3.24. The second-order valence-electron chi connectivity index (χ2n) is 7.95. The Morgan fingerprint density at radius 2 is 1.94 bits per heavy atom. The Morgan fingerprint density at radius 1 is 1.16 bits per heavy atom. The van der Waals surface area contributed by atoms with Crippen LogP contribution in [0.1, 0.15) is 47.1 Å². The molecule has 1 amide bonds. The van der Waals surface area contributed by atoms with Gasteiger partial charge in [-0.25, -0.2) is 4.98 Å². The van der Waals surface area contributed by atoms with Crippen LogP contribution in [0, 0.1) is 6.92 Å². The highest BCUT2D eigenvalue weighted by atomic mass is 16.5. The quantitative estimate of drug-likeness (QED) is 0.665. The number of nitrogens with zero attached hydrogens (tertiary/aromatic N) is 2. The molecule has 1 saturated heterocycles. The first kappa shape index (κ1) is 20.8. The van der Waals surface area contributed by atoms with Crippen LogP contribution in [-0.4, -0.2) is 34.4 Å². The number of amides is 1. The van der Waals surface area contributed by atoms with Gasteiger partial charge in [-0.15, -0.1) is 0 Å². The molecule has 0 bridgehead atoms. The number of ether oxygens (including phenoxy) is 1. The summed E-state index contributed by atoms with van der Waals surface area (Å²) in [5, 5.41) is 0. The standard InChI is InChI=1S/C25H27N3O3/c1-17-21(15-18-8-4-3-5-9-18)25(30)27-24(26-17)22-12-7-13-28(22)23(29)16-19-10-6-11-20(14-19)31-2/h3-6,8-11,14,22H,7,12-13,15-16H2,1-2H3,(H,26,27,30)/t22-/m1/s1. The van der Waals surface area contributed by atoms with Crippen molar-refractivity contribution in [2.75, 3.05) is 13.7 Å². The molecule has 0 unspecified atom stereocenters. The molecule has 2 aromatic carbocycles. The third kappa shape index (κ3) is 4.68. The molecule has 6 heteroatoms. The molecule has 2 heterocycles. The molecule has 1 aliphatic heterocycles. The summed E-state index contributed by atoms with van der Waals surface area (Å²) in [7, 11) is 1.61. The van der Waals surface area contributed by atoms with Gasteiger partial charge >= 0.3 is 0 Å². The molecule has 0 aliphatic carbocycles. The first-order valence-corrected chi connectivity index (χ1v) is 10.6. The van der Waals surface area contributed by atoms with Gasteiger partial charge in [0.15, 0.2) is 0 Å². The van der Waals surface area contributed by atoms with Gasteiger partial charge in [-0.3, -0.25) is 9.59 Å². The lowest BCUT2D eigenvalue weighted by atomic mass is 10.0. The number of rotatable bonds is 6. The van der Waals surface area contributed by atoms with Crippen molar-refractivity contribution in [3.8, 4) is 5.75 Å². The number of H-pyrrole nitrogens is 1. The summed E-state index contributed by atoms with van der Waals surface area (Å²) >= 11 is 0. The van der Waals surface area contributed by atoms with Crippen molar-refractivity contribution < 1.29 is 9.53 Å². The van der Waals surface area contributed by atoms with E-state index in [1.807, 2.05) is 66.4 Å². The fraction of sp³-hybridized carbons (Fsp3) is 0.320. The fourth-order valence-corrected chi connectivity index (χ4v) is 4.21. The van der Waals surface area contributed by atoms with E-state index in [2.05, 4.69) is 4.98 Å². The minimum absolute atomic E-state index is 0.0319. The maximum Gasteiger partial charge on any atom is 0.254 e. The highest BCUT2D eigenvalue weighted by Crippen LogP contribution is 2.30. The third-order valence-corrected chi connectivity index (χ3v) is 5.84. The monoisotopic (exact) mass is 417 g/mol. The van der Waals surface area contributed by atoms with E-state index in [4.69, 9.17) is 9.72 Å². The molecule has 6 nitrogen and oxygen atoms in total. The van der Waals surface area contributed by atoms with E-state index < -0.39 is 0 Å². The average Bonchev–Trinajstić information content (AvgIpc) is 3.27. The Morgan fingerprint density at radius 3 is 2.68 bits per heavy atom. The summed E-state index contributed by atoms with van der Waals surface area (Å²) in [5.74, 6) is 1.35. The van der Waals surface area contributed by atoms with Crippen molar-refractivity contribution in [3.63, 3.8) is 0 Å². The summed E-state index contributed by atoms with van der Waals surface area (Å²) in [6.45, 7) is 2.54. The molecule has 0 spiro atoms. The molecule has 1 fully saturated rings. The van der Waals surface area contributed by atoms with Crippen LogP contribution in [0.25, 0.3) is 0 Å². The summed E-state index contributed by atoms with van der Waals surface area (Å²) < 4.78 is 5.26. The molecule has 1 atom stereocenters. The minimum Gasteiger partial charge on any atom is -0.497 e. The third-order valence-electron chi connectivity index (χ3n) is 5.84. The number of aromatic nitrogens is 2. The fourth-order valence-electron chi connectivity index (χ4n) is 4.21. The van der Waals surface area contributed by atoms with Crippen molar-refractivity contribution >= 4 is 5.91 Å². The van der Waals surface area contributed by atoms with Crippen molar-refractivity contribution in [1.82, 2.24) is 14.9 Å². The van der Waals surface area contributed by atoms with E-state index in [1.165, 1.54) is 0 Å². The number of aromatic amines is 1.